The van der Waals surface area contributed by atoms with Gasteiger partial charge in [-0.2, -0.15) is 0 Å². The van der Waals surface area contributed by atoms with E-state index in [0.29, 0.717) is 18.7 Å². The van der Waals surface area contributed by atoms with Gasteiger partial charge in [-0.3, -0.25) is 4.90 Å². The molecule has 0 spiro atoms. The van der Waals surface area contributed by atoms with E-state index in [9.17, 15) is 13.2 Å². The SMILES string of the molecule is COC(=O)N1CCc2cc(S(N)(=O)=O)ccc21. The third-order valence-electron chi connectivity index (χ3n) is 2.67. The molecule has 1 amide bonds. The van der Waals surface area contributed by atoms with Gasteiger partial charge < -0.3 is 4.74 Å². The summed E-state index contributed by atoms with van der Waals surface area (Å²) in [5, 5.41) is 5.04. The van der Waals surface area contributed by atoms with Gasteiger partial charge in [0.1, 0.15) is 0 Å². The predicted molar refractivity (Wildman–Crippen MR) is 61.3 cm³/mol. The summed E-state index contributed by atoms with van der Waals surface area (Å²) in [6.07, 6.45) is 0.139. The minimum absolute atomic E-state index is 0.0583. The summed E-state index contributed by atoms with van der Waals surface area (Å²) in [5.41, 5.74) is 1.45. The maximum Gasteiger partial charge on any atom is 0.414 e. The van der Waals surface area contributed by atoms with Crippen LogP contribution < -0.4 is 10.0 Å². The third kappa shape index (κ3) is 2.11. The average Bonchev–Trinajstić information content (AvgIpc) is 2.69. The summed E-state index contributed by atoms with van der Waals surface area (Å²) >= 11 is 0. The highest BCUT2D eigenvalue weighted by Crippen LogP contribution is 2.30. The van der Waals surface area contributed by atoms with Crippen LogP contribution in [0.15, 0.2) is 23.1 Å². The molecule has 0 radical (unpaired) electrons. The fourth-order valence-electron chi connectivity index (χ4n) is 1.85. The van der Waals surface area contributed by atoms with Gasteiger partial charge in [0.25, 0.3) is 0 Å². The van der Waals surface area contributed by atoms with E-state index in [-0.39, 0.29) is 4.90 Å². The number of carbonyl (C=O) groups excluding carboxylic acids is 1. The van der Waals surface area contributed by atoms with Gasteiger partial charge in [-0.1, -0.05) is 0 Å². The number of carbonyl (C=O) groups is 1. The largest absolute Gasteiger partial charge is 0.452 e. The molecule has 0 atom stereocenters. The van der Waals surface area contributed by atoms with Crippen molar-refractivity contribution in [1.29, 1.82) is 0 Å². The fourth-order valence-corrected chi connectivity index (χ4v) is 2.42. The topological polar surface area (TPSA) is 89.7 Å². The zero-order chi connectivity index (χ0) is 12.6. The second-order valence-corrected chi connectivity index (χ2v) is 5.27. The van der Waals surface area contributed by atoms with Gasteiger partial charge in [0.2, 0.25) is 10.0 Å². The van der Waals surface area contributed by atoms with Crippen LogP contribution in [0.25, 0.3) is 0 Å². The Morgan fingerprint density at radius 3 is 2.76 bits per heavy atom. The van der Waals surface area contributed by atoms with Crippen molar-refractivity contribution in [2.75, 3.05) is 18.6 Å². The zero-order valence-electron chi connectivity index (χ0n) is 9.21. The molecule has 1 aromatic rings. The van der Waals surface area contributed by atoms with Crippen molar-refractivity contribution in [3.8, 4) is 0 Å². The molecular formula is C10H12N2O4S. The summed E-state index contributed by atoms with van der Waals surface area (Å²) in [7, 11) is -2.40. The van der Waals surface area contributed by atoms with Crippen molar-refractivity contribution < 1.29 is 17.9 Å². The lowest BCUT2D eigenvalue weighted by Crippen LogP contribution is -2.28. The van der Waals surface area contributed by atoms with Crippen LogP contribution in [0.1, 0.15) is 5.56 Å². The Kier molecular flexibility index (Phi) is 2.80. The number of ether oxygens (including phenoxy) is 1. The second kappa shape index (κ2) is 4.01. The van der Waals surface area contributed by atoms with E-state index < -0.39 is 16.1 Å². The molecule has 0 saturated carbocycles. The van der Waals surface area contributed by atoms with Crippen LogP contribution in [-0.2, 0) is 21.2 Å². The number of primary sulfonamides is 1. The first-order valence-corrected chi connectivity index (χ1v) is 6.49. The summed E-state index contributed by atoms with van der Waals surface area (Å²) in [6.45, 7) is 0.482. The van der Waals surface area contributed by atoms with Crippen molar-refractivity contribution in [3.05, 3.63) is 23.8 Å². The Morgan fingerprint density at radius 1 is 1.47 bits per heavy atom. The van der Waals surface area contributed by atoms with Crippen molar-refractivity contribution >= 4 is 21.8 Å². The van der Waals surface area contributed by atoms with Crippen LogP contribution in [0.4, 0.5) is 10.5 Å². The molecule has 1 aliphatic heterocycles. The Labute approximate surface area is 99.0 Å². The number of benzene rings is 1. The van der Waals surface area contributed by atoms with Gasteiger partial charge in [0, 0.05) is 6.54 Å². The van der Waals surface area contributed by atoms with E-state index in [2.05, 4.69) is 4.74 Å². The molecule has 92 valence electrons. The number of anilines is 1. The lowest BCUT2D eigenvalue weighted by molar-refractivity contribution is 0.179. The minimum atomic E-state index is -3.70. The molecular weight excluding hydrogens is 244 g/mol. The van der Waals surface area contributed by atoms with Crippen LogP contribution in [-0.4, -0.2) is 28.2 Å². The Morgan fingerprint density at radius 2 is 2.18 bits per heavy atom. The van der Waals surface area contributed by atoms with Crippen LogP contribution in [0.3, 0.4) is 0 Å². The Balaban J connectivity index is 2.42. The van der Waals surface area contributed by atoms with Crippen LogP contribution in [0, 0.1) is 0 Å². The van der Waals surface area contributed by atoms with Gasteiger partial charge in [0.05, 0.1) is 17.7 Å². The van der Waals surface area contributed by atoms with Gasteiger partial charge in [0.15, 0.2) is 0 Å². The van der Waals surface area contributed by atoms with E-state index in [0.717, 1.165) is 5.56 Å². The van der Waals surface area contributed by atoms with E-state index in [1.54, 1.807) is 6.07 Å². The predicted octanol–water partition coefficient (Wildman–Crippen LogP) is 0.463. The summed E-state index contributed by atoms with van der Waals surface area (Å²) in [6, 6.07) is 4.45. The Hall–Kier alpha value is -1.60. The molecule has 1 aliphatic rings. The maximum absolute atomic E-state index is 11.4. The van der Waals surface area contributed by atoms with Gasteiger partial charge in [-0.15, -0.1) is 0 Å². The molecule has 0 aromatic heterocycles. The molecule has 1 heterocycles. The second-order valence-electron chi connectivity index (χ2n) is 3.71. The molecule has 0 saturated heterocycles. The highest BCUT2D eigenvalue weighted by molar-refractivity contribution is 7.89. The molecule has 1 aromatic carbocycles. The van der Waals surface area contributed by atoms with Crippen LogP contribution in [0.2, 0.25) is 0 Å². The number of sulfonamides is 1. The normalized spacial score (nSPS) is 14.6. The van der Waals surface area contributed by atoms with Crippen molar-refractivity contribution in [2.45, 2.75) is 11.3 Å². The van der Waals surface area contributed by atoms with E-state index in [1.165, 1.54) is 24.1 Å². The quantitative estimate of drug-likeness (QED) is 0.790. The number of rotatable bonds is 1. The highest BCUT2D eigenvalue weighted by atomic mass is 32.2. The fraction of sp³-hybridized carbons (Fsp3) is 0.300. The summed E-state index contributed by atoms with van der Waals surface area (Å²) in [5.74, 6) is 0. The number of fused-ring (bicyclic) bond motifs is 1. The average molecular weight is 256 g/mol. The first-order valence-electron chi connectivity index (χ1n) is 4.94. The minimum Gasteiger partial charge on any atom is -0.452 e. The van der Waals surface area contributed by atoms with Crippen LogP contribution in [0.5, 0.6) is 0 Å². The molecule has 17 heavy (non-hydrogen) atoms. The van der Waals surface area contributed by atoms with Crippen molar-refractivity contribution in [3.63, 3.8) is 0 Å². The lowest BCUT2D eigenvalue weighted by atomic mass is 10.2. The van der Waals surface area contributed by atoms with E-state index in [1.807, 2.05) is 0 Å². The highest BCUT2D eigenvalue weighted by Gasteiger charge is 2.26. The molecule has 6 nitrogen and oxygen atoms in total. The van der Waals surface area contributed by atoms with Gasteiger partial charge in [-0.05, 0) is 30.2 Å². The lowest BCUT2D eigenvalue weighted by Gasteiger charge is -2.15. The van der Waals surface area contributed by atoms with Gasteiger partial charge in [-0.25, -0.2) is 18.4 Å². The number of nitrogens with zero attached hydrogens (tertiary/aromatic N) is 1. The van der Waals surface area contributed by atoms with Crippen molar-refractivity contribution in [1.82, 2.24) is 0 Å². The number of methoxy groups -OCH3 is 1. The number of nitrogens with two attached hydrogens (primary N) is 1. The Bertz CT molecular complexity index is 568. The summed E-state index contributed by atoms with van der Waals surface area (Å²) < 4.78 is 27.0. The maximum atomic E-state index is 11.4. The molecule has 0 unspecified atom stereocenters. The molecule has 2 N–H and O–H groups in total. The third-order valence-corrected chi connectivity index (χ3v) is 3.58. The van der Waals surface area contributed by atoms with E-state index in [4.69, 9.17) is 5.14 Å². The van der Waals surface area contributed by atoms with Crippen molar-refractivity contribution in [2.24, 2.45) is 5.14 Å². The van der Waals surface area contributed by atoms with Gasteiger partial charge >= 0.3 is 6.09 Å². The number of hydrogen-bond donors (Lipinski definition) is 1. The first-order chi connectivity index (χ1) is 7.93. The molecule has 7 heteroatoms. The smallest absolute Gasteiger partial charge is 0.414 e. The van der Waals surface area contributed by atoms with E-state index >= 15 is 0 Å². The molecule has 0 aliphatic carbocycles. The summed E-state index contributed by atoms with van der Waals surface area (Å²) in [4.78, 5) is 12.9. The molecule has 0 fully saturated rings. The number of hydrogen-bond acceptors (Lipinski definition) is 4. The standard InChI is InChI=1S/C10H12N2O4S/c1-16-10(13)12-5-4-7-6-8(17(11,14)15)2-3-9(7)12/h2-3,6H,4-5H2,1H3,(H2,11,14,15). The first kappa shape index (κ1) is 11.9. The zero-order valence-corrected chi connectivity index (χ0v) is 10.0. The number of amides is 1. The monoisotopic (exact) mass is 256 g/mol. The van der Waals surface area contributed by atoms with Crippen LogP contribution >= 0.6 is 0 Å². The molecule has 0 bridgehead atoms. The molecule has 2 rings (SSSR count).